The maximum atomic E-state index is 14.8. The molecule has 0 saturated carbocycles. The normalized spacial score (nSPS) is 30.7. The molecule has 16 nitrogen and oxygen atoms in total. The van der Waals surface area contributed by atoms with E-state index in [1.54, 1.807) is 37.3 Å². The highest BCUT2D eigenvalue weighted by atomic mass is 16.6. The highest BCUT2D eigenvalue weighted by Gasteiger charge is 2.72. The van der Waals surface area contributed by atoms with E-state index in [-0.39, 0.29) is 22.4 Å². The Labute approximate surface area is 313 Å². The summed E-state index contributed by atoms with van der Waals surface area (Å²) in [7, 11) is 3.59. The minimum atomic E-state index is -3.25. The molecule has 288 valence electrons. The summed E-state index contributed by atoms with van der Waals surface area (Å²) in [5, 5.41) is 61.1. The Hall–Kier alpha value is -5.20. The summed E-state index contributed by atoms with van der Waals surface area (Å²) in [6.45, 7) is 3.10. The first-order valence-corrected chi connectivity index (χ1v) is 17.3. The van der Waals surface area contributed by atoms with Crippen LogP contribution in [0.5, 0.6) is 11.5 Å². The molecular weight excluding hydrogens is 720 g/mol. The molecule has 7 rings (SSSR count). The van der Waals surface area contributed by atoms with E-state index in [4.69, 9.17) is 18.9 Å². The second kappa shape index (κ2) is 13.5. The van der Waals surface area contributed by atoms with Crippen molar-refractivity contribution < 1.29 is 68.5 Å². The van der Waals surface area contributed by atoms with E-state index in [0.29, 0.717) is 5.69 Å². The number of nitrogens with zero attached hydrogens (tertiary/aromatic N) is 1. The number of phenols is 2. The zero-order valence-electron chi connectivity index (χ0n) is 30.3. The Morgan fingerprint density at radius 1 is 0.927 bits per heavy atom. The maximum Gasteiger partial charge on any atom is 0.259 e. The van der Waals surface area contributed by atoms with Crippen molar-refractivity contribution in [3.63, 3.8) is 0 Å². The zero-order valence-corrected chi connectivity index (χ0v) is 30.3. The van der Waals surface area contributed by atoms with Crippen molar-refractivity contribution in [3.8, 4) is 11.5 Å². The fourth-order valence-electron chi connectivity index (χ4n) is 8.54. The van der Waals surface area contributed by atoms with Gasteiger partial charge in [0, 0.05) is 50.1 Å². The summed E-state index contributed by atoms with van der Waals surface area (Å²) < 4.78 is 22.1. The van der Waals surface area contributed by atoms with Gasteiger partial charge in [0.15, 0.2) is 23.2 Å². The number of aliphatic hydroxyl groups is 3. The molecule has 3 aromatic rings. The Morgan fingerprint density at radius 3 is 2.24 bits per heavy atom. The van der Waals surface area contributed by atoms with Crippen LogP contribution in [0.1, 0.15) is 81.8 Å². The van der Waals surface area contributed by atoms with Crippen molar-refractivity contribution in [2.45, 2.75) is 74.6 Å². The van der Waals surface area contributed by atoms with Gasteiger partial charge in [-0.25, -0.2) is 0 Å². The average Bonchev–Trinajstić information content (AvgIpc) is 3.13. The first kappa shape index (κ1) is 38.1. The summed E-state index contributed by atoms with van der Waals surface area (Å²) >= 11 is 0. The number of phenolic OH excluding ortho intramolecular Hbond substituents is 2. The van der Waals surface area contributed by atoms with Gasteiger partial charge < -0.3 is 49.8 Å². The van der Waals surface area contributed by atoms with Gasteiger partial charge in [0.2, 0.25) is 17.3 Å². The Morgan fingerprint density at radius 2 is 1.60 bits per heavy atom. The molecule has 0 aromatic heterocycles. The molecule has 1 fully saturated rings. The van der Waals surface area contributed by atoms with Gasteiger partial charge >= 0.3 is 0 Å². The average molecular weight is 759 g/mol. The number of aromatic hydroxyl groups is 2. The predicted molar refractivity (Wildman–Crippen MR) is 190 cm³/mol. The van der Waals surface area contributed by atoms with Crippen LogP contribution >= 0.6 is 0 Å². The zero-order chi connectivity index (χ0) is 39.9. The lowest BCUT2D eigenvalue weighted by atomic mass is 9.56. The number of para-hydroxylation sites is 1. The predicted octanol–water partition coefficient (Wildman–Crippen LogP) is 1.57. The van der Waals surface area contributed by atoms with Crippen LogP contribution in [0.3, 0.4) is 0 Å². The molecule has 0 radical (unpaired) electrons. The molecular formula is C39H38N2O14. The smallest absolute Gasteiger partial charge is 0.259 e. The molecule has 8 unspecified atom stereocenters. The van der Waals surface area contributed by atoms with E-state index in [0.717, 1.165) is 13.2 Å². The number of amides is 1. The lowest BCUT2D eigenvalue weighted by Gasteiger charge is -2.53. The molecule has 8 atom stereocenters. The van der Waals surface area contributed by atoms with Crippen LogP contribution in [-0.4, -0.2) is 124 Å². The number of anilines is 1. The van der Waals surface area contributed by atoms with E-state index in [9.17, 15) is 49.5 Å². The molecule has 3 aromatic carbocycles. The summed E-state index contributed by atoms with van der Waals surface area (Å²) in [5.41, 5.74) is -9.58. The molecule has 1 heterocycles. The third-order valence-corrected chi connectivity index (χ3v) is 11.1. The summed E-state index contributed by atoms with van der Waals surface area (Å²) in [6.07, 6.45) is -8.27. The maximum absolute atomic E-state index is 14.8. The minimum absolute atomic E-state index is 0.00805. The summed E-state index contributed by atoms with van der Waals surface area (Å²) in [4.78, 5) is 75.0. The van der Waals surface area contributed by atoms with E-state index < -0.39 is 129 Å². The van der Waals surface area contributed by atoms with E-state index >= 15 is 0 Å². The molecule has 1 saturated heterocycles. The Kier molecular flexibility index (Phi) is 9.37. The molecule has 0 spiro atoms. The fourth-order valence-corrected chi connectivity index (χ4v) is 8.54. The largest absolute Gasteiger partial charge is 0.507 e. The molecule has 55 heavy (non-hydrogen) atoms. The van der Waals surface area contributed by atoms with Gasteiger partial charge in [0.1, 0.15) is 29.8 Å². The van der Waals surface area contributed by atoms with Crippen LogP contribution in [0.4, 0.5) is 5.69 Å². The molecule has 3 aliphatic carbocycles. The van der Waals surface area contributed by atoms with Crippen molar-refractivity contribution in [1.82, 2.24) is 0 Å². The van der Waals surface area contributed by atoms with Crippen molar-refractivity contribution >= 4 is 40.4 Å². The highest BCUT2D eigenvalue weighted by molar-refractivity contribution is 6.53. The Balaban J connectivity index is 1.38. The number of hydrogen-bond acceptors (Lipinski definition) is 15. The second-order valence-corrected chi connectivity index (χ2v) is 14.0. The first-order valence-electron chi connectivity index (χ1n) is 17.3. The van der Waals surface area contributed by atoms with Crippen LogP contribution in [0, 0.1) is 6.92 Å². The third-order valence-electron chi connectivity index (χ3n) is 11.1. The highest BCUT2D eigenvalue weighted by Crippen LogP contribution is 2.56. The molecule has 1 amide bonds. The fraction of sp³-hybridized carbons (Fsp3) is 0.385. The van der Waals surface area contributed by atoms with E-state index in [1.807, 2.05) is 0 Å². The van der Waals surface area contributed by atoms with E-state index in [2.05, 4.69) is 10.3 Å². The second-order valence-electron chi connectivity index (χ2n) is 14.0. The number of carbonyl (C=O) groups excluding carboxylic acids is 5. The first-order chi connectivity index (χ1) is 26.1. The Bertz CT molecular complexity index is 2220. The van der Waals surface area contributed by atoms with Crippen LogP contribution in [0.25, 0.3) is 0 Å². The van der Waals surface area contributed by atoms with Gasteiger partial charge in [-0.05, 0) is 43.2 Å². The number of ether oxygens (including phenoxy) is 4. The topological polar surface area (TPSA) is 248 Å². The van der Waals surface area contributed by atoms with Crippen LogP contribution in [0.2, 0.25) is 0 Å². The minimum Gasteiger partial charge on any atom is -0.507 e. The number of carbonyl (C=O) groups is 5. The van der Waals surface area contributed by atoms with Gasteiger partial charge in [0.05, 0.1) is 41.0 Å². The van der Waals surface area contributed by atoms with Crippen molar-refractivity contribution in [2.75, 3.05) is 26.6 Å². The summed E-state index contributed by atoms with van der Waals surface area (Å²) in [6, 6.07) is 10.5. The molecule has 1 aliphatic heterocycles. The molecule has 16 heteroatoms. The van der Waals surface area contributed by atoms with Gasteiger partial charge in [-0.1, -0.05) is 24.3 Å². The lowest BCUT2D eigenvalue weighted by Crippen LogP contribution is -2.73. The molecule has 0 bridgehead atoms. The standard InChI is InChI=1S/C39H38N2O14/c1-15-11-17-12-23(43)39(54-5)35(49)26-20(34(48)38(39,51)27(17)30(46)24(15)36(50)40-18-9-7-6-8-10-18)13-19-25(29(26)45)22(42)14-21(28(19)44)41-37-33(53-4)31(47)32(52-3)16(2)55-37/h6-11,13,16,23,31-33,37,43,45-47,51H,12,14H2,1-5H3,(H,40,50). The van der Waals surface area contributed by atoms with Crippen molar-refractivity contribution in [1.29, 1.82) is 0 Å². The number of aryl methyl sites for hydroxylation is 1. The number of methoxy groups -OCH3 is 3. The van der Waals surface area contributed by atoms with Crippen LogP contribution in [-0.2, 0) is 31.0 Å². The van der Waals surface area contributed by atoms with Crippen molar-refractivity contribution in [2.24, 2.45) is 4.99 Å². The summed E-state index contributed by atoms with van der Waals surface area (Å²) in [5.74, 6) is -7.29. The van der Waals surface area contributed by atoms with Crippen LogP contribution < -0.4 is 5.32 Å². The number of Topliss-reactive ketones (excluding diaryl/α,β-unsaturated/α-hetero) is 4. The monoisotopic (exact) mass is 758 g/mol. The number of ketones is 4. The third kappa shape index (κ3) is 5.24. The number of benzene rings is 3. The number of nitrogens with one attached hydrogen (secondary N) is 1. The number of rotatable bonds is 6. The van der Waals surface area contributed by atoms with Gasteiger partial charge in [0.25, 0.3) is 5.91 Å². The number of aliphatic imine (C=N–C) groups is 1. The lowest BCUT2D eigenvalue weighted by molar-refractivity contribution is -0.228. The van der Waals surface area contributed by atoms with Gasteiger partial charge in [-0.3, -0.25) is 29.0 Å². The SMILES string of the molecule is COC1C(C)OC(N=C2CC(=O)c3c(cc4c(c3O)C(=O)C3(OC)C(O)Cc5cc(C)c(C(=O)Nc6ccccc6)c(O)c5C3(O)C4=O)C2=O)C(OC)C1O. The number of fused-ring (bicyclic) bond motifs is 5. The van der Waals surface area contributed by atoms with Crippen LogP contribution in [0.15, 0.2) is 47.5 Å². The van der Waals surface area contributed by atoms with Gasteiger partial charge in [-0.15, -0.1) is 0 Å². The molecule has 6 N–H and O–H groups in total. The van der Waals surface area contributed by atoms with E-state index in [1.165, 1.54) is 27.2 Å². The van der Waals surface area contributed by atoms with Crippen molar-refractivity contribution in [3.05, 3.63) is 87.0 Å². The number of hydrogen-bond donors (Lipinski definition) is 6. The quantitative estimate of drug-likeness (QED) is 0.209. The molecule has 4 aliphatic rings. The van der Waals surface area contributed by atoms with Gasteiger partial charge in [-0.2, -0.15) is 0 Å². The number of aliphatic hydroxyl groups excluding tert-OH is 2.